The van der Waals surface area contributed by atoms with Crippen LogP contribution in [-0.4, -0.2) is 29.3 Å². The van der Waals surface area contributed by atoms with E-state index in [0.717, 1.165) is 5.56 Å². The maximum atomic E-state index is 10.9. The summed E-state index contributed by atoms with van der Waals surface area (Å²) >= 11 is 0. The molecule has 2 unspecified atom stereocenters. The average molecular weight is 236 g/mol. The third kappa shape index (κ3) is 1.95. The molecular formula is C12H12O5. The summed E-state index contributed by atoms with van der Waals surface area (Å²) in [7, 11) is 1.53. The van der Waals surface area contributed by atoms with Gasteiger partial charge in [0.2, 0.25) is 0 Å². The number of hydrogen-bond acceptors (Lipinski definition) is 3. The summed E-state index contributed by atoms with van der Waals surface area (Å²) in [6.45, 7) is 0. The highest BCUT2D eigenvalue weighted by molar-refractivity contribution is 5.88. The monoisotopic (exact) mass is 236 g/mol. The fourth-order valence-electron chi connectivity index (χ4n) is 2.17. The first-order chi connectivity index (χ1) is 8.06. The maximum absolute atomic E-state index is 10.9. The lowest BCUT2D eigenvalue weighted by atomic mass is 10.1. The molecule has 17 heavy (non-hydrogen) atoms. The predicted molar refractivity (Wildman–Crippen MR) is 58.0 cm³/mol. The van der Waals surface area contributed by atoms with Gasteiger partial charge in [-0.25, -0.2) is 0 Å². The third-order valence-electron chi connectivity index (χ3n) is 3.09. The number of benzene rings is 1. The van der Waals surface area contributed by atoms with Crippen molar-refractivity contribution < 1.29 is 24.5 Å². The zero-order chi connectivity index (χ0) is 12.6. The molecule has 0 bridgehead atoms. The van der Waals surface area contributed by atoms with Crippen molar-refractivity contribution in [2.45, 2.75) is 5.92 Å². The number of methoxy groups -OCH3 is 1. The Balaban J connectivity index is 2.22. The maximum Gasteiger partial charge on any atom is 0.308 e. The number of carboxylic acid groups (broad SMARTS) is 2. The van der Waals surface area contributed by atoms with Gasteiger partial charge in [0.15, 0.2) is 0 Å². The molecular weight excluding hydrogens is 224 g/mol. The van der Waals surface area contributed by atoms with E-state index in [-0.39, 0.29) is 0 Å². The molecule has 0 spiro atoms. The lowest BCUT2D eigenvalue weighted by Crippen LogP contribution is -2.05. The standard InChI is InChI=1S/C12H12O5/c1-17-7-4-2-6(3-5-7)8-9(11(13)14)10(8)12(15)16/h2-5,8-10H,1H3,(H,13,14)(H,15,16). The van der Waals surface area contributed by atoms with E-state index in [9.17, 15) is 9.59 Å². The molecule has 0 radical (unpaired) electrons. The van der Waals surface area contributed by atoms with Crippen LogP contribution in [0.4, 0.5) is 0 Å². The van der Waals surface area contributed by atoms with E-state index in [1.54, 1.807) is 24.3 Å². The number of rotatable bonds is 4. The highest BCUT2D eigenvalue weighted by atomic mass is 16.5. The summed E-state index contributed by atoms with van der Waals surface area (Å²) in [5.74, 6) is -3.53. The lowest BCUT2D eigenvalue weighted by Gasteiger charge is -2.01. The highest BCUT2D eigenvalue weighted by Gasteiger charge is 2.60. The average Bonchev–Trinajstić information content (AvgIpc) is 3.04. The van der Waals surface area contributed by atoms with Crippen LogP contribution in [0.3, 0.4) is 0 Å². The molecule has 1 aromatic carbocycles. The number of ether oxygens (including phenoxy) is 1. The van der Waals surface area contributed by atoms with Crippen LogP contribution in [0.15, 0.2) is 24.3 Å². The molecule has 2 N–H and O–H groups in total. The minimum absolute atomic E-state index is 0.434. The topological polar surface area (TPSA) is 83.8 Å². The van der Waals surface area contributed by atoms with Gasteiger partial charge in [0.05, 0.1) is 18.9 Å². The Hall–Kier alpha value is -2.04. The van der Waals surface area contributed by atoms with Gasteiger partial charge in [-0.3, -0.25) is 9.59 Å². The van der Waals surface area contributed by atoms with Crippen LogP contribution in [0.25, 0.3) is 0 Å². The van der Waals surface area contributed by atoms with E-state index in [1.807, 2.05) is 0 Å². The van der Waals surface area contributed by atoms with Gasteiger partial charge in [-0.15, -0.1) is 0 Å². The second-order valence-electron chi connectivity index (χ2n) is 4.03. The van der Waals surface area contributed by atoms with Crippen LogP contribution in [-0.2, 0) is 9.59 Å². The lowest BCUT2D eigenvalue weighted by molar-refractivity contribution is -0.144. The van der Waals surface area contributed by atoms with Crippen molar-refractivity contribution in [3.05, 3.63) is 29.8 Å². The van der Waals surface area contributed by atoms with Crippen LogP contribution >= 0.6 is 0 Å². The van der Waals surface area contributed by atoms with E-state index in [0.29, 0.717) is 5.75 Å². The Bertz CT molecular complexity index is 430. The Morgan fingerprint density at radius 1 is 1.06 bits per heavy atom. The van der Waals surface area contributed by atoms with Crippen molar-refractivity contribution in [2.24, 2.45) is 11.8 Å². The normalized spacial score (nSPS) is 26.3. The van der Waals surface area contributed by atoms with Gasteiger partial charge >= 0.3 is 11.9 Å². The van der Waals surface area contributed by atoms with Crippen LogP contribution in [0.1, 0.15) is 11.5 Å². The van der Waals surface area contributed by atoms with E-state index in [4.69, 9.17) is 14.9 Å². The smallest absolute Gasteiger partial charge is 0.308 e. The number of carbonyl (C=O) groups is 2. The van der Waals surface area contributed by atoms with Gasteiger partial charge in [-0.1, -0.05) is 12.1 Å². The van der Waals surface area contributed by atoms with Crippen LogP contribution in [0, 0.1) is 11.8 Å². The molecule has 1 aromatic rings. The predicted octanol–water partition coefficient (Wildman–Crippen LogP) is 1.19. The van der Waals surface area contributed by atoms with Gasteiger partial charge < -0.3 is 14.9 Å². The minimum atomic E-state index is -1.06. The summed E-state index contributed by atoms with van der Waals surface area (Å²) in [5.41, 5.74) is 0.727. The van der Waals surface area contributed by atoms with E-state index < -0.39 is 29.7 Å². The largest absolute Gasteiger partial charge is 0.497 e. The zero-order valence-electron chi connectivity index (χ0n) is 9.16. The molecule has 0 heterocycles. The van der Waals surface area contributed by atoms with E-state index in [1.165, 1.54) is 7.11 Å². The molecule has 1 aliphatic rings. The molecule has 1 aliphatic carbocycles. The molecule has 5 nitrogen and oxygen atoms in total. The Morgan fingerprint density at radius 3 is 1.88 bits per heavy atom. The van der Waals surface area contributed by atoms with Crippen LogP contribution in [0.5, 0.6) is 5.75 Å². The fourth-order valence-corrected chi connectivity index (χ4v) is 2.17. The van der Waals surface area contributed by atoms with Crippen molar-refractivity contribution in [3.8, 4) is 5.75 Å². The molecule has 0 aliphatic heterocycles. The summed E-state index contributed by atoms with van der Waals surface area (Å²) in [6.07, 6.45) is 0. The first-order valence-electron chi connectivity index (χ1n) is 5.16. The number of hydrogen-bond donors (Lipinski definition) is 2. The van der Waals surface area contributed by atoms with Crippen molar-refractivity contribution in [1.29, 1.82) is 0 Å². The van der Waals surface area contributed by atoms with Crippen molar-refractivity contribution in [2.75, 3.05) is 7.11 Å². The molecule has 1 saturated carbocycles. The summed E-state index contributed by atoms with van der Waals surface area (Å²) in [4.78, 5) is 21.8. The van der Waals surface area contributed by atoms with Crippen LogP contribution < -0.4 is 4.74 Å². The molecule has 0 aromatic heterocycles. The molecule has 0 saturated heterocycles. The van der Waals surface area contributed by atoms with Gasteiger partial charge in [0, 0.05) is 5.92 Å². The Kier molecular flexibility index (Phi) is 2.75. The quantitative estimate of drug-likeness (QED) is 0.820. The summed E-state index contributed by atoms with van der Waals surface area (Å²) < 4.78 is 4.99. The van der Waals surface area contributed by atoms with E-state index >= 15 is 0 Å². The number of aliphatic carboxylic acids is 2. The first kappa shape index (κ1) is 11.4. The SMILES string of the molecule is COc1ccc(C2C(C(=O)O)C2C(=O)O)cc1. The van der Waals surface area contributed by atoms with Crippen molar-refractivity contribution in [3.63, 3.8) is 0 Å². The minimum Gasteiger partial charge on any atom is -0.497 e. The molecule has 2 rings (SSSR count). The Morgan fingerprint density at radius 2 is 1.53 bits per heavy atom. The molecule has 0 amide bonds. The second kappa shape index (κ2) is 4.08. The van der Waals surface area contributed by atoms with Crippen molar-refractivity contribution >= 4 is 11.9 Å². The van der Waals surface area contributed by atoms with Gasteiger partial charge in [-0.2, -0.15) is 0 Å². The molecule has 1 fully saturated rings. The molecule has 2 atom stereocenters. The third-order valence-corrected chi connectivity index (χ3v) is 3.09. The van der Waals surface area contributed by atoms with Crippen LogP contribution in [0.2, 0.25) is 0 Å². The number of carboxylic acids is 2. The van der Waals surface area contributed by atoms with Gasteiger partial charge in [-0.05, 0) is 17.7 Å². The zero-order valence-corrected chi connectivity index (χ0v) is 9.16. The summed E-state index contributed by atoms with van der Waals surface area (Å²) in [6, 6.07) is 6.82. The Labute approximate surface area is 97.6 Å². The second-order valence-corrected chi connectivity index (χ2v) is 4.03. The summed E-state index contributed by atoms with van der Waals surface area (Å²) in [5, 5.41) is 17.8. The molecule has 5 heteroatoms. The van der Waals surface area contributed by atoms with Crippen molar-refractivity contribution in [1.82, 2.24) is 0 Å². The molecule has 90 valence electrons. The first-order valence-corrected chi connectivity index (χ1v) is 5.16. The fraction of sp³-hybridized carbons (Fsp3) is 0.333. The van der Waals surface area contributed by atoms with Gasteiger partial charge in [0.1, 0.15) is 5.75 Å². The highest BCUT2D eigenvalue weighted by Crippen LogP contribution is 2.54. The van der Waals surface area contributed by atoms with Gasteiger partial charge in [0.25, 0.3) is 0 Å². The van der Waals surface area contributed by atoms with E-state index in [2.05, 4.69) is 0 Å².